The first-order valence-corrected chi connectivity index (χ1v) is 6.12. The quantitative estimate of drug-likeness (QED) is 0.646. The van der Waals surface area contributed by atoms with Crippen LogP contribution in [-0.4, -0.2) is 80.1 Å². The minimum absolute atomic E-state index is 0.288. The molecule has 0 spiro atoms. The van der Waals surface area contributed by atoms with E-state index in [9.17, 15) is 4.79 Å². The molecule has 0 aromatic carbocycles. The maximum absolute atomic E-state index is 12.0. The number of rotatable bonds is 3. The van der Waals surface area contributed by atoms with Crippen LogP contribution in [0.2, 0.25) is 0 Å². The van der Waals surface area contributed by atoms with Gasteiger partial charge in [0.25, 0.3) is 5.91 Å². The van der Waals surface area contributed by atoms with Crippen LogP contribution in [-0.2, 0) is 4.79 Å². The molecule has 1 aliphatic rings. The Balaban J connectivity index is 2.39. The van der Waals surface area contributed by atoms with E-state index in [1.165, 1.54) is 0 Å². The number of carbonyl (C=O) groups excluding carboxylic acids is 1. The zero-order valence-corrected chi connectivity index (χ0v) is 11.4. The second-order valence-electron chi connectivity index (χ2n) is 5.96. The Morgan fingerprint density at radius 1 is 1.12 bits per heavy atom. The lowest BCUT2D eigenvalue weighted by atomic mass is 10.2. The summed E-state index contributed by atoms with van der Waals surface area (Å²) in [6.07, 6.45) is 0. The summed E-state index contributed by atoms with van der Waals surface area (Å²) in [6.45, 7) is 8.82. The van der Waals surface area contributed by atoms with Crippen molar-refractivity contribution < 1.29 is 9.28 Å². The molecule has 0 aliphatic carbocycles. The lowest BCUT2D eigenvalue weighted by Crippen LogP contribution is -2.54. The van der Waals surface area contributed by atoms with Crippen LogP contribution in [0.15, 0.2) is 0 Å². The summed E-state index contributed by atoms with van der Waals surface area (Å²) >= 11 is 0. The van der Waals surface area contributed by atoms with Gasteiger partial charge in [0, 0.05) is 32.2 Å². The minimum Gasteiger partial charge on any atom is -0.335 e. The highest BCUT2D eigenvalue weighted by Crippen LogP contribution is 2.06. The Labute approximate surface area is 99.4 Å². The van der Waals surface area contributed by atoms with Crippen LogP contribution >= 0.6 is 0 Å². The fourth-order valence-corrected chi connectivity index (χ4v) is 1.99. The second kappa shape index (κ2) is 5.15. The van der Waals surface area contributed by atoms with E-state index in [1.54, 1.807) is 0 Å². The van der Waals surface area contributed by atoms with Crippen molar-refractivity contribution in [2.45, 2.75) is 19.9 Å². The molecule has 1 saturated heterocycles. The molecule has 1 rings (SSSR count). The molecule has 0 aromatic rings. The monoisotopic (exact) mass is 228 g/mol. The molecule has 4 nitrogen and oxygen atoms in total. The third kappa shape index (κ3) is 4.10. The summed E-state index contributed by atoms with van der Waals surface area (Å²) in [5.41, 5.74) is 0. The van der Waals surface area contributed by atoms with E-state index in [0.29, 0.717) is 17.1 Å². The number of likely N-dealkylation sites (N-methyl/N-ethyl adjacent to an activating group) is 1. The summed E-state index contributed by atoms with van der Waals surface area (Å²) in [6, 6.07) is 0.593. The smallest absolute Gasteiger partial charge is 0.277 e. The summed E-state index contributed by atoms with van der Waals surface area (Å²) in [7, 11) is 6.17. The van der Waals surface area contributed by atoms with Crippen molar-refractivity contribution in [2.24, 2.45) is 0 Å². The lowest BCUT2D eigenvalue weighted by molar-refractivity contribution is -0.862. The predicted molar refractivity (Wildman–Crippen MR) is 66.2 cm³/mol. The van der Waals surface area contributed by atoms with Gasteiger partial charge in [0.2, 0.25) is 0 Å². The molecule has 4 heteroatoms. The van der Waals surface area contributed by atoms with E-state index in [-0.39, 0.29) is 5.91 Å². The Hall–Kier alpha value is -0.610. The molecule has 0 atom stereocenters. The highest BCUT2D eigenvalue weighted by atomic mass is 16.2. The van der Waals surface area contributed by atoms with E-state index in [2.05, 4.69) is 39.9 Å². The van der Waals surface area contributed by atoms with Gasteiger partial charge < -0.3 is 9.38 Å². The van der Waals surface area contributed by atoms with Crippen molar-refractivity contribution in [1.82, 2.24) is 9.80 Å². The molecule has 0 saturated carbocycles. The van der Waals surface area contributed by atoms with Gasteiger partial charge in [-0.25, -0.2) is 0 Å². The van der Waals surface area contributed by atoms with E-state index >= 15 is 0 Å². The van der Waals surface area contributed by atoms with Gasteiger partial charge in [-0.3, -0.25) is 9.69 Å². The van der Waals surface area contributed by atoms with Gasteiger partial charge in [-0.1, -0.05) is 0 Å². The van der Waals surface area contributed by atoms with Gasteiger partial charge in [-0.05, 0) is 13.8 Å². The Bertz CT molecular complexity index is 237. The van der Waals surface area contributed by atoms with E-state index < -0.39 is 0 Å². The summed E-state index contributed by atoms with van der Waals surface area (Å²) in [4.78, 5) is 16.4. The fraction of sp³-hybridized carbons (Fsp3) is 0.917. The molecular formula is C12H26N3O+. The van der Waals surface area contributed by atoms with Crippen molar-refractivity contribution in [3.63, 3.8) is 0 Å². The molecule has 1 amide bonds. The molecule has 0 radical (unpaired) electrons. The fourth-order valence-electron chi connectivity index (χ4n) is 1.99. The van der Waals surface area contributed by atoms with Gasteiger partial charge in [0.05, 0.1) is 21.1 Å². The number of carbonyl (C=O) groups is 1. The summed E-state index contributed by atoms with van der Waals surface area (Å²) in [5, 5.41) is 0. The number of hydrogen-bond acceptors (Lipinski definition) is 2. The minimum atomic E-state index is 0.288. The lowest BCUT2D eigenvalue weighted by Gasteiger charge is -2.37. The first-order valence-electron chi connectivity index (χ1n) is 6.12. The Morgan fingerprint density at radius 3 is 2.00 bits per heavy atom. The molecule has 1 aliphatic heterocycles. The molecule has 0 unspecified atom stereocenters. The number of nitrogens with zero attached hydrogens (tertiary/aromatic N) is 3. The van der Waals surface area contributed by atoms with E-state index in [0.717, 1.165) is 26.2 Å². The molecule has 1 fully saturated rings. The van der Waals surface area contributed by atoms with E-state index in [4.69, 9.17) is 0 Å². The highest BCUT2D eigenvalue weighted by Gasteiger charge is 2.25. The number of piperazine rings is 1. The Morgan fingerprint density at radius 2 is 1.62 bits per heavy atom. The number of amides is 1. The van der Waals surface area contributed by atoms with Crippen molar-refractivity contribution in [3.05, 3.63) is 0 Å². The first-order chi connectivity index (χ1) is 7.29. The second-order valence-corrected chi connectivity index (χ2v) is 5.96. The number of hydrogen-bond donors (Lipinski definition) is 0. The van der Waals surface area contributed by atoms with Crippen molar-refractivity contribution in [1.29, 1.82) is 0 Å². The predicted octanol–water partition coefficient (Wildman–Crippen LogP) is 0.245. The maximum atomic E-state index is 12.0. The van der Waals surface area contributed by atoms with Crippen LogP contribution in [0.1, 0.15) is 13.8 Å². The van der Waals surface area contributed by atoms with Gasteiger partial charge in [-0.15, -0.1) is 0 Å². The normalized spacial score (nSPS) is 19.2. The summed E-state index contributed by atoms with van der Waals surface area (Å²) in [5.74, 6) is 0.288. The molecule has 1 heterocycles. The average Bonchev–Trinajstić information content (AvgIpc) is 2.15. The van der Waals surface area contributed by atoms with Crippen molar-refractivity contribution in [3.8, 4) is 0 Å². The topological polar surface area (TPSA) is 23.6 Å². The van der Waals surface area contributed by atoms with Crippen LogP contribution in [0.25, 0.3) is 0 Å². The average molecular weight is 228 g/mol. The largest absolute Gasteiger partial charge is 0.335 e. The molecular weight excluding hydrogens is 202 g/mol. The molecule has 94 valence electrons. The molecule has 0 N–H and O–H groups in total. The van der Waals surface area contributed by atoms with Crippen LogP contribution in [0.5, 0.6) is 0 Å². The number of quaternary nitrogens is 1. The zero-order chi connectivity index (χ0) is 12.3. The zero-order valence-electron chi connectivity index (χ0n) is 11.4. The summed E-state index contributed by atoms with van der Waals surface area (Å²) < 4.78 is 0.712. The van der Waals surface area contributed by atoms with Crippen molar-refractivity contribution in [2.75, 3.05) is 53.9 Å². The standard InChI is InChI=1S/C12H26N3O/c1-11(2)13-6-8-14(9-7-13)12(16)10-15(3,4)5/h11H,6-10H2,1-5H3/q+1. The third-order valence-electron chi connectivity index (χ3n) is 3.01. The highest BCUT2D eigenvalue weighted by molar-refractivity contribution is 5.77. The van der Waals surface area contributed by atoms with Crippen LogP contribution in [0.3, 0.4) is 0 Å². The van der Waals surface area contributed by atoms with E-state index in [1.807, 2.05) is 4.90 Å². The Kier molecular flexibility index (Phi) is 4.33. The molecule has 0 bridgehead atoms. The molecule has 16 heavy (non-hydrogen) atoms. The SMILES string of the molecule is CC(C)N1CCN(C(=O)C[N+](C)(C)C)CC1. The van der Waals surface area contributed by atoms with Gasteiger partial charge in [0.1, 0.15) is 0 Å². The van der Waals surface area contributed by atoms with Crippen LogP contribution in [0.4, 0.5) is 0 Å². The maximum Gasteiger partial charge on any atom is 0.277 e. The van der Waals surface area contributed by atoms with Crippen LogP contribution < -0.4 is 0 Å². The van der Waals surface area contributed by atoms with Crippen LogP contribution in [0, 0.1) is 0 Å². The van der Waals surface area contributed by atoms with Crippen molar-refractivity contribution >= 4 is 5.91 Å². The first kappa shape index (κ1) is 13.5. The van der Waals surface area contributed by atoms with Gasteiger partial charge in [-0.2, -0.15) is 0 Å². The molecule has 0 aromatic heterocycles. The third-order valence-corrected chi connectivity index (χ3v) is 3.01. The van der Waals surface area contributed by atoms with Gasteiger partial charge >= 0.3 is 0 Å². The van der Waals surface area contributed by atoms with Gasteiger partial charge in [0.15, 0.2) is 6.54 Å².